The average molecular weight is 602 g/mol. The molecule has 3 aromatic rings. The van der Waals surface area contributed by atoms with Crippen molar-refractivity contribution in [2.45, 2.75) is 27.4 Å². The van der Waals surface area contributed by atoms with E-state index in [4.69, 9.17) is 21.7 Å². The van der Waals surface area contributed by atoms with Gasteiger partial charge in [-0.15, -0.1) is 0 Å². The SMILES string of the molecule is CCOc1cc(/C=C2/SC(=S)N(c3ccc(C)c(C)c3)C2=O)cc(I)c1OCc1ccccc1. The first-order chi connectivity index (χ1) is 16.4. The molecule has 0 saturated carbocycles. The van der Waals surface area contributed by atoms with E-state index < -0.39 is 0 Å². The maximum atomic E-state index is 13.2. The molecule has 1 amide bonds. The number of thiocarbonyl (C=S) groups is 1. The second kappa shape index (κ2) is 10.9. The number of amides is 1. The molecule has 0 aliphatic carbocycles. The van der Waals surface area contributed by atoms with E-state index in [0.717, 1.165) is 25.9 Å². The van der Waals surface area contributed by atoms with Gasteiger partial charge in [0.15, 0.2) is 15.8 Å². The minimum absolute atomic E-state index is 0.115. The maximum Gasteiger partial charge on any atom is 0.270 e. The number of aryl methyl sites for hydroxylation is 2. The zero-order valence-corrected chi connectivity index (χ0v) is 22.9. The topological polar surface area (TPSA) is 38.8 Å². The molecule has 0 spiro atoms. The minimum Gasteiger partial charge on any atom is -0.490 e. The zero-order chi connectivity index (χ0) is 24.2. The number of nitrogens with zero attached hydrogens (tertiary/aromatic N) is 1. The minimum atomic E-state index is -0.115. The second-order valence-electron chi connectivity index (χ2n) is 7.82. The van der Waals surface area contributed by atoms with E-state index in [0.29, 0.717) is 33.9 Å². The van der Waals surface area contributed by atoms with E-state index in [1.807, 2.05) is 87.5 Å². The van der Waals surface area contributed by atoms with Gasteiger partial charge >= 0.3 is 0 Å². The van der Waals surface area contributed by atoms with Crippen molar-refractivity contribution in [2.75, 3.05) is 11.5 Å². The van der Waals surface area contributed by atoms with Gasteiger partial charge in [-0.05, 0) is 96.0 Å². The molecular weight excluding hydrogens is 577 g/mol. The molecule has 0 aromatic heterocycles. The lowest BCUT2D eigenvalue weighted by Crippen LogP contribution is -2.27. The number of halogens is 1. The first-order valence-electron chi connectivity index (χ1n) is 10.9. The van der Waals surface area contributed by atoms with Crippen molar-refractivity contribution in [1.29, 1.82) is 0 Å². The molecule has 4 nitrogen and oxygen atoms in total. The van der Waals surface area contributed by atoms with E-state index >= 15 is 0 Å². The van der Waals surface area contributed by atoms with E-state index in [1.54, 1.807) is 4.90 Å². The smallest absolute Gasteiger partial charge is 0.270 e. The molecule has 0 atom stereocenters. The van der Waals surface area contributed by atoms with Gasteiger partial charge in [0.2, 0.25) is 0 Å². The van der Waals surface area contributed by atoms with Crippen molar-refractivity contribution in [3.63, 3.8) is 0 Å². The second-order valence-corrected chi connectivity index (χ2v) is 10.7. The van der Waals surface area contributed by atoms with Crippen molar-refractivity contribution in [1.82, 2.24) is 0 Å². The Balaban J connectivity index is 1.61. The van der Waals surface area contributed by atoms with Crippen LogP contribution in [0.5, 0.6) is 11.5 Å². The molecular formula is C27H24INO3S2. The van der Waals surface area contributed by atoms with E-state index in [-0.39, 0.29) is 5.91 Å². The first-order valence-corrected chi connectivity index (χ1v) is 13.2. The number of rotatable bonds is 7. The van der Waals surface area contributed by atoms with Crippen LogP contribution in [0.2, 0.25) is 0 Å². The highest BCUT2D eigenvalue weighted by atomic mass is 127. The van der Waals surface area contributed by atoms with Gasteiger partial charge in [-0.3, -0.25) is 9.69 Å². The van der Waals surface area contributed by atoms with E-state index in [1.165, 1.54) is 17.3 Å². The Kier molecular flexibility index (Phi) is 7.95. The number of thioether (sulfide) groups is 1. The fourth-order valence-corrected chi connectivity index (χ4v) is 5.59. The molecule has 3 aromatic carbocycles. The van der Waals surface area contributed by atoms with Gasteiger partial charge in [0.05, 0.1) is 20.8 Å². The van der Waals surface area contributed by atoms with Gasteiger partial charge in [-0.1, -0.05) is 60.4 Å². The summed E-state index contributed by atoms with van der Waals surface area (Å²) in [6, 6.07) is 19.9. The quantitative estimate of drug-likeness (QED) is 0.162. The third-order valence-electron chi connectivity index (χ3n) is 5.40. The number of hydrogen-bond acceptors (Lipinski definition) is 5. The summed E-state index contributed by atoms with van der Waals surface area (Å²) in [5.74, 6) is 1.24. The van der Waals surface area contributed by atoms with Crippen molar-refractivity contribution < 1.29 is 14.3 Å². The highest BCUT2D eigenvalue weighted by Gasteiger charge is 2.33. The summed E-state index contributed by atoms with van der Waals surface area (Å²) in [4.78, 5) is 15.4. The largest absolute Gasteiger partial charge is 0.490 e. The Morgan fingerprint density at radius 3 is 2.50 bits per heavy atom. The number of carbonyl (C=O) groups excluding carboxylic acids is 1. The lowest BCUT2D eigenvalue weighted by molar-refractivity contribution is -0.113. The number of anilines is 1. The molecule has 1 aliphatic rings. The van der Waals surface area contributed by atoms with Gasteiger partial charge in [-0.25, -0.2) is 0 Å². The summed E-state index contributed by atoms with van der Waals surface area (Å²) in [6.45, 7) is 6.98. The van der Waals surface area contributed by atoms with Crippen LogP contribution >= 0.6 is 46.6 Å². The lowest BCUT2D eigenvalue weighted by atomic mass is 10.1. The van der Waals surface area contributed by atoms with E-state index in [2.05, 4.69) is 22.6 Å². The normalized spacial score (nSPS) is 14.7. The Labute approximate surface area is 223 Å². The first kappa shape index (κ1) is 24.8. The van der Waals surface area contributed by atoms with Crippen LogP contribution < -0.4 is 14.4 Å². The molecule has 1 heterocycles. The average Bonchev–Trinajstić information content (AvgIpc) is 3.08. The fraction of sp³-hybridized carbons (Fsp3) is 0.185. The summed E-state index contributed by atoms with van der Waals surface area (Å²) in [7, 11) is 0. The summed E-state index contributed by atoms with van der Waals surface area (Å²) in [5.41, 5.74) is 5.04. The molecule has 174 valence electrons. The highest BCUT2D eigenvalue weighted by Crippen LogP contribution is 2.39. The number of ether oxygens (including phenoxy) is 2. The zero-order valence-electron chi connectivity index (χ0n) is 19.1. The van der Waals surface area contributed by atoms with Crippen LogP contribution in [0.15, 0.2) is 65.6 Å². The Bertz CT molecular complexity index is 1270. The van der Waals surface area contributed by atoms with Crippen LogP contribution in [0.1, 0.15) is 29.2 Å². The van der Waals surface area contributed by atoms with Crippen LogP contribution in [0.25, 0.3) is 6.08 Å². The van der Waals surface area contributed by atoms with Crippen LogP contribution in [-0.4, -0.2) is 16.8 Å². The molecule has 7 heteroatoms. The maximum absolute atomic E-state index is 13.2. The number of benzene rings is 3. The molecule has 1 aliphatic heterocycles. The molecule has 1 fully saturated rings. The van der Waals surface area contributed by atoms with Crippen molar-refractivity contribution in [3.05, 3.63) is 91.4 Å². The Morgan fingerprint density at radius 2 is 1.79 bits per heavy atom. The Hall–Kier alpha value is -2.36. The van der Waals surface area contributed by atoms with Crippen LogP contribution in [0.3, 0.4) is 0 Å². The summed E-state index contributed by atoms with van der Waals surface area (Å²) in [5, 5.41) is 0. The van der Waals surface area contributed by atoms with E-state index in [9.17, 15) is 4.79 Å². The highest BCUT2D eigenvalue weighted by molar-refractivity contribution is 14.1. The fourth-order valence-electron chi connectivity index (χ4n) is 3.51. The molecule has 0 bridgehead atoms. The van der Waals surface area contributed by atoms with Gasteiger partial charge in [0, 0.05) is 0 Å². The van der Waals surface area contributed by atoms with Crippen molar-refractivity contribution >= 4 is 68.6 Å². The van der Waals surface area contributed by atoms with Gasteiger partial charge in [-0.2, -0.15) is 0 Å². The predicted octanol–water partition coefficient (Wildman–Crippen LogP) is 7.29. The third-order valence-corrected chi connectivity index (χ3v) is 7.50. The third kappa shape index (κ3) is 5.47. The standard InChI is InChI=1S/C27H24INO3S2/c1-4-31-23-14-20(13-22(28)25(23)32-16-19-8-6-5-7-9-19)15-24-26(30)29(27(33)34-24)21-11-10-17(2)18(3)12-21/h5-15H,4,16H2,1-3H3/b24-15+. The predicted molar refractivity (Wildman–Crippen MR) is 153 cm³/mol. The van der Waals surface area contributed by atoms with Crippen LogP contribution in [-0.2, 0) is 11.4 Å². The van der Waals surface area contributed by atoms with Crippen LogP contribution in [0, 0.1) is 17.4 Å². The Morgan fingerprint density at radius 1 is 1.03 bits per heavy atom. The summed E-state index contributed by atoms with van der Waals surface area (Å²) >= 11 is 9.11. The number of hydrogen-bond donors (Lipinski definition) is 0. The molecule has 0 N–H and O–H groups in total. The van der Waals surface area contributed by atoms with Crippen molar-refractivity contribution in [2.24, 2.45) is 0 Å². The molecule has 34 heavy (non-hydrogen) atoms. The lowest BCUT2D eigenvalue weighted by Gasteiger charge is -2.16. The summed E-state index contributed by atoms with van der Waals surface area (Å²) < 4.78 is 13.4. The monoisotopic (exact) mass is 601 g/mol. The van der Waals surface area contributed by atoms with Gasteiger partial charge < -0.3 is 9.47 Å². The van der Waals surface area contributed by atoms with Gasteiger partial charge in [0.1, 0.15) is 6.61 Å². The van der Waals surface area contributed by atoms with Crippen LogP contribution in [0.4, 0.5) is 5.69 Å². The molecule has 1 saturated heterocycles. The summed E-state index contributed by atoms with van der Waals surface area (Å²) in [6.07, 6.45) is 1.87. The number of carbonyl (C=O) groups is 1. The van der Waals surface area contributed by atoms with Gasteiger partial charge in [0.25, 0.3) is 5.91 Å². The molecule has 0 unspecified atom stereocenters. The molecule has 0 radical (unpaired) electrons. The molecule has 4 rings (SSSR count). The van der Waals surface area contributed by atoms with Crippen molar-refractivity contribution in [3.8, 4) is 11.5 Å².